The third-order valence-corrected chi connectivity index (χ3v) is 12.7. The summed E-state index contributed by atoms with van der Waals surface area (Å²) >= 11 is 0. The number of phosphoric ester groups is 4. The number of phosphoric acid groups is 4. The first-order valence-electron chi connectivity index (χ1n) is 22.1. The molecule has 0 aliphatic heterocycles. The Hall–Kier alpha value is 6.26. The maximum atomic E-state index is 13.0. The van der Waals surface area contributed by atoms with Crippen molar-refractivity contribution in [2.45, 2.75) is 204 Å². The molecule has 5 unspecified atom stereocenters. The van der Waals surface area contributed by atoms with Crippen molar-refractivity contribution >= 4 is 43.2 Å². The maximum absolute atomic E-state index is 13.0. The molecule has 6 atom stereocenters. The van der Waals surface area contributed by atoms with Gasteiger partial charge in [0.2, 0.25) is 0 Å². The summed E-state index contributed by atoms with van der Waals surface area (Å²) in [6.07, 6.45) is 2.36. The van der Waals surface area contributed by atoms with Crippen LogP contribution in [0.15, 0.2) is 0 Å². The van der Waals surface area contributed by atoms with Crippen LogP contribution in [0.4, 0.5) is 0 Å². The van der Waals surface area contributed by atoms with E-state index in [4.69, 9.17) is 19.7 Å². The van der Waals surface area contributed by atoms with Gasteiger partial charge in [0.25, 0.3) is 7.82 Å². The predicted molar refractivity (Wildman–Crippen MR) is 214 cm³/mol. The summed E-state index contributed by atoms with van der Waals surface area (Å²) in [5.41, 5.74) is 5.50. The first-order valence-corrected chi connectivity index (χ1v) is 28.0. The molecule has 0 amide bonds. The van der Waals surface area contributed by atoms with E-state index in [2.05, 4.69) is 25.0 Å². The Labute approximate surface area is 575 Å². The smallest absolute Gasteiger partial charge is 0.790 e. The van der Waals surface area contributed by atoms with Gasteiger partial charge in [0.05, 0.1) is 30.1 Å². The summed E-state index contributed by atoms with van der Waals surface area (Å²) in [6.45, 7) is 1.00. The third-order valence-electron chi connectivity index (χ3n) is 10.2. The number of carbonyl (C=O) groups excluding carboxylic acids is 2. The Morgan fingerprint density at radius 1 is 0.465 bits per heavy atom. The minimum atomic E-state index is -6.37. The van der Waals surface area contributed by atoms with Gasteiger partial charge in [0.15, 0.2) is 6.10 Å². The summed E-state index contributed by atoms with van der Waals surface area (Å²) < 4.78 is 79.2. The zero-order chi connectivity index (χ0) is 48.2. The molecule has 34 heteroatoms. The van der Waals surface area contributed by atoms with E-state index in [0.29, 0.717) is 25.8 Å². The number of unbranched alkanes of at least 4 members (excludes halogenated alkanes) is 20. The number of nitrogens with two attached hydrogens (primary N) is 1. The van der Waals surface area contributed by atoms with Crippen LogP contribution >= 0.6 is 31.3 Å². The Bertz CT molecular complexity index is 1470. The fraction of sp³-hybridized carbons (Fsp3) is 0.946. The monoisotopic (exact) mass is 1160 g/mol. The number of aliphatic hydroxyl groups excluding tert-OH is 2. The summed E-state index contributed by atoms with van der Waals surface area (Å²) in [6, 6.07) is 0. The minimum Gasteiger partial charge on any atom is -0.790 e. The van der Waals surface area contributed by atoms with Crippen LogP contribution in [-0.4, -0.2) is 84.6 Å². The molecule has 380 valence electrons. The molecule has 0 aromatic carbocycles. The van der Waals surface area contributed by atoms with Crippen LogP contribution in [0, 0.1) is 0 Å². The molecule has 1 fully saturated rings. The number of ether oxygens (including phenoxy) is 2. The fourth-order valence-corrected chi connectivity index (χ4v) is 9.58. The molecule has 1 aliphatic rings. The number of aliphatic hydroxyl groups is 2. The van der Waals surface area contributed by atoms with Gasteiger partial charge in [-0.25, -0.2) is 0 Å². The van der Waals surface area contributed by atoms with Crippen LogP contribution in [-0.2, 0) is 59.9 Å². The number of esters is 2. The number of hydrogen-bond donors (Lipinski definition) is 3. The van der Waals surface area contributed by atoms with Gasteiger partial charge in [-0.05, 0) is 25.8 Å². The molecule has 71 heavy (non-hydrogen) atoms. The molecule has 0 bridgehead atoms. The summed E-state index contributed by atoms with van der Waals surface area (Å²) in [5, 5.41) is 21.5. The third kappa shape index (κ3) is 49.4. The summed E-state index contributed by atoms with van der Waals surface area (Å²) in [4.78, 5) is 107. The SMILES string of the molecule is CCCCCCCCCCCCCCCC(=O)O[C@H](COC(=O)CCCCCCCCCCCN)COP(=O)([O-])OC1C(O)C(OP(=O)([O-])[O-])C(OP(=O)([O-])[O-])C(OP(=O)([O-])[O-])C1O.[Na+].[Na+].[Na+].[Na+].[Na+].[Na+].[Na+]. The molecule has 0 saturated heterocycles. The van der Waals surface area contributed by atoms with Gasteiger partial charge >= 0.3 is 219 Å². The van der Waals surface area contributed by atoms with Crippen molar-refractivity contribution in [2.75, 3.05) is 19.8 Å². The zero-order valence-corrected chi connectivity index (χ0v) is 61.1. The van der Waals surface area contributed by atoms with Crippen LogP contribution in [0.5, 0.6) is 0 Å². The zero-order valence-electron chi connectivity index (χ0n) is 43.6. The molecule has 0 aromatic heterocycles. The first-order chi connectivity index (χ1) is 30.0. The van der Waals surface area contributed by atoms with Crippen molar-refractivity contribution in [2.24, 2.45) is 5.73 Å². The Kier molecular flexibility index (Phi) is 66.5. The van der Waals surface area contributed by atoms with E-state index < -0.39 is 99.2 Å². The molecule has 0 spiro atoms. The van der Waals surface area contributed by atoms with Crippen molar-refractivity contribution in [3.05, 3.63) is 0 Å². The average Bonchev–Trinajstić information content (AvgIpc) is 3.18. The molecular weight excluding hydrogens is 1100 g/mol. The van der Waals surface area contributed by atoms with Crippen LogP contribution in [0.3, 0.4) is 0 Å². The van der Waals surface area contributed by atoms with Gasteiger partial charge in [0.1, 0.15) is 43.2 Å². The van der Waals surface area contributed by atoms with E-state index in [-0.39, 0.29) is 220 Å². The van der Waals surface area contributed by atoms with E-state index in [9.17, 15) is 72.3 Å². The van der Waals surface area contributed by atoms with Crippen LogP contribution in [0.2, 0.25) is 0 Å². The molecule has 4 N–H and O–H groups in total. The van der Waals surface area contributed by atoms with Crippen LogP contribution in [0.1, 0.15) is 161 Å². The summed E-state index contributed by atoms with van der Waals surface area (Å²) in [5.74, 6) is -1.51. The van der Waals surface area contributed by atoms with Gasteiger partial charge in [-0.2, -0.15) is 0 Å². The molecule has 1 saturated carbocycles. The van der Waals surface area contributed by atoms with E-state index in [1.54, 1.807) is 0 Å². The predicted octanol–water partition coefficient (Wildman–Crippen LogP) is -19.9. The van der Waals surface area contributed by atoms with Crippen molar-refractivity contribution in [1.82, 2.24) is 0 Å². The molecule has 0 radical (unpaired) electrons. The van der Waals surface area contributed by atoms with Gasteiger partial charge < -0.3 is 96.0 Å². The molecule has 23 nitrogen and oxygen atoms in total. The molecular formula is C37H68NNa7O22P4. The Morgan fingerprint density at radius 2 is 0.789 bits per heavy atom. The standard InChI is InChI=1S/C37H75NO22P4.7Na/c1-2-3-4-5-6-7-8-9-10-12-16-19-22-25-31(40)56-29(27-54-30(39)24-21-18-15-13-11-14-17-20-23-26-38)28-55-64(52,53)60-34-32(41)35(57-61(43,44)45)37(59-63(49,50)51)36(33(34)42)58-62(46,47)48;;;;;;;/h29,32-37,41-42H,2-28,38H2,1H3,(H,52,53)(H2,43,44,45)(H2,46,47,48)(H2,49,50,51);;;;;;;/q;7*+1/p-7/t29-,32?,33?,34?,35?,36?,37?;;;;;;;/m1......./s1. The topological polar surface area (TPSA) is 395 Å². The summed E-state index contributed by atoms with van der Waals surface area (Å²) in [7, 11) is -25.1. The molecule has 0 heterocycles. The quantitative estimate of drug-likeness (QED) is 0.0223. The molecule has 1 rings (SSSR count). The molecule has 1 aliphatic carbocycles. The average molecular weight is 1160 g/mol. The second-order valence-electron chi connectivity index (χ2n) is 15.9. The number of carbonyl (C=O) groups is 2. The minimum absolute atomic E-state index is 0. The van der Waals surface area contributed by atoms with E-state index >= 15 is 0 Å². The van der Waals surface area contributed by atoms with Gasteiger partial charge in [0, 0.05) is 12.8 Å². The van der Waals surface area contributed by atoms with E-state index in [0.717, 1.165) is 77.0 Å². The number of rotatable bonds is 39. The van der Waals surface area contributed by atoms with Crippen LogP contribution in [0.25, 0.3) is 0 Å². The van der Waals surface area contributed by atoms with E-state index in [1.807, 2.05) is 0 Å². The second kappa shape index (κ2) is 51.9. The van der Waals surface area contributed by atoms with Gasteiger partial charge in [-0.1, -0.05) is 129 Å². The fourth-order valence-electron chi connectivity index (χ4n) is 7.00. The Morgan fingerprint density at radius 3 is 1.14 bits per heavy atom. The second-order valence-corrected chi connectivity index (χ2v) is 20.5. The largest absolute Gasteiger partial charge is 1.00 e. The maximum Gasteiger partial charge on any atom is 1.00 e. The number of hydrogen-bond acceptors (Lipinski definition) is 23. The van der Waals surface area contributed by atoms with Crippen molar-refractivity contribution < 1.29 is 311 Å². The van der Waals surface area contributed by atoms with Crippen molar-refractivity contribution in [1.29, 1.82) is 0 Å². The van der Waals surface area contributed by atoms with Crippen LogP contribution < -0.4 is 247 Å². The molecule has 0 aromatic rings. The van der Waals surface area contributed by atoms with Crippen molar-refractivity contribution in [3.8, 4) is 0 Å². The van der Waals surface area contributed by atoms with E-state index in [1.165, 1.54) is 44.9 Å². The normalized spacial score (nSPS) is 20.0. The first kappa shape index (κ1) is 91.0. The Balaban J connectivity index is -0.00000117. The van der Waals surface area contributed by atoms with Crippen molar-refractivity contribution in [3.63, 3.8) is 0 Å². The van der Waals surface area contributed by atoms with Gasteiger partial charge in [-0.15, -0.1) is 0 Å². The van der Waals surface area contributed by atoms with Gasteiger partial charge in [-0.3, -0.25) is 14.2 Å².